The number of hydrogen-bond donors (Lipinski definition) is 0. The molecule has 2 nitrogen and oxygen atoms in total. The quantitative estimate of drug-likeness (QED) is 0.747. The highest BCUT2D eigenvalue weighted by Gasteiger charge is 2.13. The maximum Gasteiger partial charge on any atom is 0.142 e. The van der Waals surface area contributed by atoms with Gasteiger partial charge in [0.05, 0.1) is 12.8 Å². The predicted octanol–water partition coefficient (Wildman–Crippen LogP) is 4.86. The SMILES string of the molecule is COc1ccccc1N(C)c1cc(Cl)ccc1CCl. The Morgan fingerprint density at radius 1 is 1.11 bits per heavy atom. The van der Waals surface area contributed by atoms with E-state index in [0.29, 0.717) is 10.9 Å². The van der Waals surface area contributed by atoms with Crippen LogP contribution >= 0.6 is 23.2 Å². The van der Waals surface area contributed by atoms with Gasteiger partial charge in [0.15, 0.2) is 0 Å². The first-order valence-electron chi connectivity index (χ1n) is 5.88. The van der Waals surface area contributed by atoms with Crippen molar-refractivity contribution < 1.29 is 4.74 Å². The molecule has 0 aliphatic carbocycles. The molecule has 0 spiro atoms. The van der Waals surface area contributed by atoms with Crippen LogP contribution in [0.5, 0.6) is 5.75 Å². The van der Waals surface area contributed by atoms with Crippen molar-refractivity contribution >= 4 is 34.6 Å². The summed E-state index contributed by atoms with van der Waals surface area (Å²) in [5.74, 6) is 1.25. The van der Waals surface area contributed by atoms with Crippen LogP contribution in [0.3, 0.4) is 0 Å². The van der Waals surface area contributed by atoms with E-state index in [2.05, 4.69) is 0 Å². The Morgan fingerprint density at radius 2 is 1.84 bits per heavy atom. The molecule has 0 aliphatic heterocycles. The molecule has 2 aromatic carbocycles. The van der Waals surface area contributed by atoms with Gasteiger partial charge in [0.1, 0.15) is 5.75 Å². The zero-order valence-electron chi connectivity index (χ0n) is 10.9. The minimum Gasteiger partial charge on any atom is -0.495 e. The van der Waals surface area contributed by atoms with Crippen LogP contribution in [0.1, 0.15) is 5.56 Å². The van der Waals surface area contributed by atoms with Gasteiger partial charge in [0.2, 0.25) is 0 Å². The number of rotatable bonds is 4. The maximum absolute atomic E-state index is 6.08. The Balaban J connectivity index is 2.49. The number of benzene rings is 2. The van der Waals surface area contributed by atoms with Crippen molar-refractivity contribution in [1.29, 1.82) is 0 Å². The molecule has 0 amide bonds. The normalized spacial score (nSPS) is 10.3. The zero-order valence-corrected chi connectivity index (χ0v) is 12.4. The first kappa shape index (κ1) is 14.0. The van der Waals surface area contributed by atoms with Gasteiger partial charge in [0, 0.05) is 23.6 Å². The maximum atomic E-state index is 6.08. The second kappa shape index (κ2) is 6.18. The molecule has 0 fully saturated rings. The Bertz CT molecular complexity index is 572. The first-order valence-corrected chi connectivity index (χ1v) is 6.79. The number of alkyl halides is 1. The fourth-order valence-corrected chi connectivity index (χ4v) is 2.39. The Kier molecular flexibility index (Phi) is 4.56. The molecule has 19 heavy (non-hydrogen) atoms. The minimum absolute atomic E-state index is 0.436. The molecule has 4 heteroatoms. The molecule has 0 bridgehead atoms. The van der Waals surface area contributed by atoms with E-state index in [9.17, 15) is 0 Å². The highest BCUT2D eigenvalue weighted by atomic mass is 35.5. The van der Waals surface area contributed by atoms with Gasteiger partial charge in [-0.05, 0) is 29.8 Å². The summed E-state index contributed by atoms with van der Waals surface area (Å²) in [4.78, 5) is 2.03. The summed E-state index contributed by atoms with van der Waals surface area (Å²) in [6.45, 7) is 0. The van der Waals surface area contributed by atoms with Gasteiger partial charge in [-0.2, -0.15) is 0 Å². The third kappa shape index (κ3) is 2.96. The van der Waals surface area contributed by atoms with Crippen LogP contribution in [0, 0.1) is 0 Å². The van der Waals surface area contributed by atoms with Gasteiger partial charge in [-0.3, -0.25) is 0 Å². The largest absolute Gasteiger partial charge is 0.495 e. The van der Waals surface area contributed by atoms with Crippen LogP contribution in [0.15, 0.2) is 42.5 Å². The molecule has 0 aliphatic rings. The highest BCUT2D eigenvalue weighted by molar-refractivity contribution is 6.31. The molecule has 0 saturated carbocycles. The lowest BCUT2D eigenvalue weighted by atomic mass is 10.1. The fraction of sp³-hybridized carbons (Fsp3) is 0.200. The van der Waals surface area contributed by atoms with Crippen LogP contribution in [0.4, 0.5) is 11.4 Å². The van der Waals surface area contributed by atoms with Crippen LogP contribution in [-0.2, 0) is 5.88 Å². The summed E-state index contributed by atoms with van der Waals surface area (Å²) in [7, 11) is 3.63. The van der Waals surface area contributed by atoms with Gasteiger partial charge < -0.3 is 9.64 Å². The second-order valence-corrected chi connectivity index (χ2v) is 4.84. The lowest BCUT2D eigenvalue weighted by Crippen LogP contribution is -2.12. The van der Waals surface area contributed by atoms with Gasteiger partial charge in [0.25, 0.3) is 0 Å². The molecule has 0 unspecified atom stereocenters. The zero-order chi connectivity index (χ0) is 13.8. The number of hydrogen-bond acceptors (Lipinski definition) is 2. The molecular weight excluding hydrogens is 281 g/mol. The lowest BCUT2D eigenvalue weighted by Gasteiger charge is -2.24. The third-order valence-corrected chi connectivity index (χ3v) is 3.52. The van der Waals surface area contributed by atoms with E-state index in [0.717, 1.165) is 22.7 Å². The Labute approximate surface area is 123 Å². The summed E-state index contributed by atoms with van der Waals surface area (Å²) < 4.78 is 5.38. The van der Waals surface area contributed by atoms with Crippen molar-refractivity contribution in [3.63, 3.8) is 0 Å². The van der Waals surface area contributed by atoms with E-state index in [1.807, 2.05) is 54.4 Å². The molecule has 0 aromatic heterocycles. The van der Waals surface area contributed by atoms with E-state index in [1.165, 1.54) is 0 Å². The number of anilines is 2. The minimum atomic E-state index is 0.436. The molecule has 0 heterocycles. The lowest BCUT2D eigenvalue weighted by molar-refractivity contribution is 0.415. The van der Waals surface area contributed by atoms with Crippen LogP contribution in [0.25, 0.3) is 0 Å². The van der Waals surface area contributed by atoms with E-state index >= 15 is 0 Å². The van der Waals surface area contributed by atoms with E-state index in [1.54, 1.807) is 7.11 Å². The molecule has 100 valence electrons. The van der Waals surface area contributed by atoms with Crippen LogP contribution in [0.2, 0.25) is 5.02 Å². The van der Waals surface area contributed by atoms with Crippen LogP contribution in [-0.4, -0.2) is 14.2 Å². The Morgan fingerprint density at radius 3 is 2.53 bits per heavy atom. The summed E-state index contributed by atoms with van der Waals surface area (Å²) in [6.07, 6.45) is 0. The molecule has 0 radical (unpaired) electrons. The van der Waals surface area contributed by atoms with Crippen molar-refractivity contribution in [3.8, 4) is 5.75 Å². The van der Waals surface area contributed by atoms with Gasteiger partial charge in [-0.25, -0.2) is 0 Å². The summed E-state index contributed by atoms with van der Waals surface area (Å²) in [5, 5.41) is 0.686. The number of ether oxygens (including phenoxy) is 1. The standard InChI is InChI=1S/C15H15Cl2NO/c1-18(13-5-3-4-6-15(13)19-2)14-9-12(17)8-7-11(14)10-16/h3-9H,10H2,1-2H3. The van der Waals surface area contributed by atoms with Crippen molar-refractivity contribution in [2.75, 3.05) is 19.1 Å². The predicted molar refractivity (Wildman–Crippen MR) is 82.1 cm³/mol. The Hall–Kier alpha value is -1.38. The van der Waals surface area contributed by atoms with Crippen molar-refractivity contribution in [1.82, 2.24) is 0 Å². The average molecular weight is 296 g/mol. The fourth-order valence-electron chi connectivity index (χ4n) is 2.00. The highest BCUT2D eigenvalue weighted by Crippen LogP contribution is 2.35. The van der Waals surface area contributed by atoms with E-state index < -0.39 is 0 Å². The summed E-state index contributed by atoms with van der Waals surface area (Å²) >= 11 is 12.1. The van der Waals surface area contributed by atoms with Crippen molar-refractivity contribution in [2.45, 2.75) is 5.88 Å². The monoisotopic (exact) mass is 295 g/mol. The number of para-hydroxylation sites is 2. The van der Waals surface area contributed by atoms with E-state index in [4.69, 9.17) is 27.9 Å². The molecule has 0 atom stereocenters. The number of halogens is 2. The molecule has 2 aromatic rings. The van der Waals surface area contributed by atoms with Gasteiger partial charge >= 0.3 is 0 Å². The first-order chi connectivity index (χ1) is 9.17. The summed E-state index contributed by atoms with van der Waals surface area (Å²) in [6, 6.07) is 13.5. The third-order valence-electron chi connectivity index (χ3n) is 3.00. The van der Waals surface area contributed by atoms with Crippen molar-refractivity contribution in [2.24, 2.45) is 0 Å². The molecule has 2 rings (SSSR count). The molecule has 0 N–H and O–H groups in total. The number of methoxy groups -OCH3 is 1. The van der Waals surface area contributed by atoms with Gasteiger partial charge in [-0.15, -0.1) is 11.6 Å². The van der Waals surface area contributed by atoms with Crippen LogP contribution < -0.4 is 9.64 Å². The molecular formula is C15H15Cl2NO. The van der Waals surface area contributed by atoms with Gasteiger partial charge in [-0.1, -0.05) is 29.8 Å². The average Bonchev–Trinajstić information content (AvgIpc) is 2.46. The second-order valence-electron chi connectivity index (χ2n) is 4.14. The topological polar surface area (TPSA) is 12.5 Å². The number of nitrogens with zero attached hydrogens (tertiary/aromatic N) is 1. The van der Waals surface area contributed by atoms with Crippen molar-refractivity contribution in [3.05, 3.63) is 53.1 Å². The summed E-state index contributed by atoms with van der Waals surface area (Å²) in [5.41, 5.74) is 2.98. The smallest absolute Gasteiger partial charge is 0.142 e. The molecule has 0 saturated heterocycles. The van der Waals surface area contributed by atoms with E-state index in [-0.39, 0.29) is 0 Å².